The summed E-state index contributed by atoms with van der Waals surface area (Å²) in [7, 11) is 0. The van der Waals surface area contributed by atoms with Gasteiger partial charge in [-0.2, -0.15) is 0 Å². The van der Waals surface area contributed by atoms with Crippen molar-refractivity contribution in [2.75, 3.05) is 13.2 Å². The van der Waals surface area contributed by atoms with Crippen LogP contribution in [0.25, 0.3) is 0 Å². The number of ether oxygens (including phenoxy) is 2. The summed E-state index contributed by atoms with van der Waals surface area (Å²) in [6, 6.07) is 0. The van der Waals surface area contributed by atoms with Crippen LogP contribution in [-0.2, 0) is 14.3 Å². The molecule has 0 spiro atoms. The highest BCUT2D eigenvalue weighted by atomic mass is 16.7. The van der Waals surface area contributed by atoms with Crippen LogP contribution in [0.4, 0.5) is 0 Å². The minimum atomic E-state index is -1.56. The molecular weight excluding hydrogens is 208 g/mol. The summed E-state index contributed by atoms with van der Waals surface area (Å²) in [5.41, 5.74) is -1.56. The number of hydrogen-bond donors (Lipinski definition) is 1. The highest BCUT2D eigenvalue weighted by Gasteiger charge is 2.39. The van der Waals surface area contributed by atoms with Crippen LogP contribution in [0.3, 0.4) is 0 Å². The number of hydrogen-bond acceptors (Lipinski definition) is 4. The fourth-order valence-corrected chi connectivity index (χ4v) is 1.31. The molecule has 0 saturated carbocycles. The normalized spacial score (nSPS) is 15.1. The largest absolute Gasteiger partial charge is 0.377 e. The van der Waals surface area contributed by atoms with Crippen LogP contribution in [0.5, 0.6) is 0 Å². The Kier molecular flexibility index (Phi) is 7.55. The molecule has 1 N–H and O–H groups in total. The van der Waals surface area contributed by atoms with Gasteiger partial charge in [0, 0.05) is 19.6 Å². The molecule has 0 aromatic rings. The van der Waals surface area contributed by atoms with Crippen molar-refractivity contribution in [1.29, 1.82) is 0 Å². The number of carbonyl (C=O) groups is 1. The van der Waals surface area contributed by atoms with E-state index in [2.05, 4.69) is 0 Å². The van der Waals surface area contributed by atoms with Gasteiger partial charge in [-0.1, -0.05) is 20.8 Å². The van der Waals surface area contributed by atoms with Gasteiger partial charge in [-0.15, -0.1) is 0 Å². The Bertz CT molecular complexity index is 193. The van der Waals surface area contributed by atoms with E-state index in [1.165, 1.54) is 6.92 Å². The first-order valence-corrected chi connectivity index (χ1v) is 5.99. The Hall–Kier alpha value is -0.450. The van der Waals surface area contributed by atoms with Gasteiger partial charge in [0.1, 0.15) is 0 Å². The van der Waals surface area contributed by atoms with Crippen molar-refractivity contribution in [2.45, 2.75) is 58.8 Å². The second-order valence-corrected chi connectivity index (χ2v) is 4.00. The van der Waals surface area contributed by atoms with Gasteiger partial charge in [0.05, 0.1) is 0 Å². The van der Waals surface area contributed by atoms with Crippen LogP contribution in [0.2, 0.25) is 0 Å². The summed E-state index contributed by atoms with van der Waals surface area (Å²) in [4.78, 5) is 11.6. The fraction of sp³-hybridized carbons (Fsp3) is 0.917. The van der Waals surface area contributed by atoms with Crippen LogP contribution in [-0.4, -0.2) is 36.0 Å². The first-order chi connectivity index (χ1) is 7.50. The Morgan fingerprint density at radius 1 is 1.19 bits per heavy atom. The third-order valence-corrected chi connectivity index (χ3v) is 2.29. The highest BCUT2D eigenvalue weighted by Crippen LogP contribution is 2.18. The summed E-state index contributed by atoms with van der Waals surface area (Å²) in [5.74, 6) is -0.260. The van der Waals surface area contributed by atoms with Gasteiger partial charge in [-0.05, 0) is 19.8 Å². The lowest BCUT2D eigenvalue weighted by atomic mass is 9.98. The molecule has 1 atom stereocenters. The summed E-state index contributed by atoms with van der Waals surface area (Å²) < 4.78 is 10.8. The highest BCUT2D eigenvalue weighted by molar-refractivity contribution is 5.86. The maximum absolute atomic E-state index is 11.6. The standard InChI is InChI=1S/C12H24O4/c1-5-8-15-11(16-9-6-2)12(4,14)10(13)7-3/h11,14H,5-9H2,1-4H3/t12-/m1/s1. The van der Waals surface area contributed by atoms with Crippen molar-refractivity contribution >= 4 is 5.78 Å². The maximum Gasteiger partial charge on any atom is 0.193 e. The van der Waals surface area contributed by atoms with Crippen molar-refractivity contribution in [3.8, 4) is 0 Å². The third-order valence-electron chi connectivity index (χ3n) is 2.29. The minimum absolute atomic E-state index is 0.260. The molecule has 16 heavy (non-hydrogen) atoms. The molecule has 0 aromatic carbocycles. The van der Waals surface area contributed by atoms with Gasteiger partial charge in [0.2, 0.25) is 0 Å². The van der Waals surface area contributed by atoms with E-state index >= 15 is 0 Å². The number of Topliss-reactive ketones (excluding diaryl/α,β-unsaturated/α-hetero) is 1. The summed E-state index contributed by atoms with van der Waals surface area (Å²) in [5, 5.41) is 10.1. The number of ketones is 1. The molecule has 0 heterocycles. The lowest BCUT2D eigenvalue weighted by Crippen LogP contribution is -2.49. The van der Waals surface area contributed by atoms with Gasteiger partial charge in [0.15, 0.2) is 17.7 Å². The molecule has 0 radical (unpaired) electrons. The molecule has 0 rings (SSSR count). The number of rotatable bonds is 9. The zero-order valence-electron chi connectivity index (χ0n) is 10.8. The second kappa shape index (κ2) is 7.76. The van der Waals surface area contributed by atoms with E-state index in [0.29, 0.717) is 13.2 Å². The molecule has 0 aliphatic heterocycles. The molecule has 0 saturated heterocycles. The lowest BCUT2D eigenvalue weighted by molar-refractivity contribution is -0.228. The predicted molar refractivity (Wildman–Crippen MR) is 62.2 cm³/mol. The van der Waals surface area contributed by atoms with Crippen molar-refractivity contribution in [2.24, 2.45) is 0 Å². The minimum Gasteiger partial charge on any atom is -0.377 e. The van der Waals surface area contributed by atoms with Crippen molar-refractivity contribution in [1.82, 2.24) is 0 Å². The average Bonchev–Trinajstić information content (AvgIpc) is 2.27. The molecular formula is C12H24O4. The van der Waals surface area contributed by atoms with E-state index in [9.17, 15) is 9.90 Å². The predicted octanol–water partition coefficient (Wildman–Crippen LogP) is 1.90. The van der Waals surface area contributed by atoms with Crippen LogP contribution >= 0.6 is 0 Å². The molecule has 0 aliphatic rings. The van der Waals surface area contributed by atoms with Crippen LogP contribution in [0, 0.1) is 0 Å². The molecule has 0 amide bonds. The Labute approximate surface area is 97.9 Å². The molecule has 96 valence electrons. The molecule has 0 bridgehead atoms. The van der Waals surface area contributed by atoms with Crippen LogP contribution in [0.15, 0.2) is 0 Å². The van der Waals surface area contributed by atoms with E-state index in [4.69, 9.17) is 9.47 Å². The topological polar surface area (TPSA) is 55.8 Å². The zero-order valence-corrected chi connectivity index (χ0v) is 10.8. The molecule has 4 nitrogen and oxygen atoms in total. The molecule has 0 fully saturated rings. The summed E-state index contributed by atoms with van der Waals surface area (Å²) in [6.45, 7) is 8.05. The van der Waals surface area contributed by atoms with E-state index < -0.39 is 11.9 Å². The van der Waals surface area contributed by atoms with Crippen molar-refractivity contribution in [3.05, 3.63) is 0 Å². The SMILES string of the molecule is CCCOC(OCCC)[C@](C)(O)C(=O)CC. The van der Waals surface area contributed by atoms with E-state index in [1.54, 1.807) is 6.92 Å². The monoisotopic (exact) mass is 232 g/mol. The first kappa shape index (κ1) is 15.6. The van der Waals surface area contributed by atoms with Gasteiger partial charge in [-0.3, -0.25) is 4.79 Å². The van der Waals surface area contributed by atoms with Crippen molar-refractivity contribution < 1.29 is 19.4 Å². The molecule has 4 heteroatoms. The van der Waals surface area contributed by atoms with E-state index in [1.807, 2.05) is 13.8 Å². The van der Waals surface area contributed by atoms with Gasteiger partial charge in [0.25, 0.3) is 0 Å². The fourth-order valence-electron chi connectivity index (χ4n) is 1.31. The van der Waals surface area contributed by atoms with E-state index in [0.717, 1.165) is 12.8 Å². The molecule has 0 aliphatic carbocycles. The Morgan fingerprint density at radius 2 is 1.62 bits per heavy atom. The zero-order chi connectivity index (χ0) is 12.6. The van der Waals surface area contributed by atoms with Gasteiger partial charge in [-0.25, -0.2) is 0 Å². The first-order valence-electron chi connectivity index (χ1n) is 5.99. The molecule has 0 aromatic heterocycles. The van der Waals surface area contributed by atoms with E-state index in [-0.39, 0.29) is 12.2 Å². The van der Waals surface area contributed by atoms with Crippen LogP contribution < -0.4 is 0 Å². The van der Waals surface area contributed by atoms with Crippen LogP contribution in [0.1, 0.15) is 47.0 Å². The Morgan fingerprint density at radius 3 is 1.94 bits per heavy atom. The smallest absolute Gasteiger partial charge is 0.193 e. The quantitative estimate of drug-likeness (QED) is 0.617. The average molecular weight is 232 g/mol. The van der Waals surface area contributed by atoms with Gasteiger partial charge >= 0.3 is 0 Å². The number of aliphatic hydroxyl groups is 1. The number of carbonyl (C=O) groups excluding carboxylic acids is 1. The molecule has 0 unspecified atom stereocenters. The maximum atomic E-state index is 11.6. The summed E-state index contributed by atoms with van der Waals surface area (Å²) in [6.07, 6.45) is 1.05. The summed E-state index contributed by atoms with van der Waals surface area (Å²) >= 11 is 0. The lowest BCUT2D eigenvalue weighted by Gasteiger charge is -2.31. The second-order valence-electron chi connectivity index (χ2n) is 4.00. The Balaban J connectivity index is 4.50. The van der Waals surface area contributed by atoms with Crippen molar-refractivity contribution in [3.63, 3.8) is 0 Å². The third kappa shape index (κ3) is 4.60. The van der Waals surface area contributed by atoms with Gasteiger partial charge < -0.3 is 14.6 Å².